The number of rotatable bonds is 18. The van der Waals surface area contributed by atoms with Crippen LogP contribution < -0.4 is 48.3 Å². The molecule has 12 atom stereocenters. The van der Waals surface area contributed by atoms with Crippen molar-refractivity contribution in [2.24, 2.45) is 88.8 Å². The van der Waals surface area contributed by atoms with Gasteiger partial charge in [0, 0.05) is 204 Å². The average Bonchev–Trinajstić information content (AvgIpc) is 1.56. The van der Waals surface area contributed by atoms with Gasteiger partial charge in [0.1, 0.15) is 28.8 Å². The standard InChI is InChI=1S/C21H30N2O.C19H23ClN2O2.C19H28N2O.C18H27ClN2O.C18H25ClN2.C17H23FN2/c1-24-20-5-3-2-4-19(20)22-6-8-23(9-7-22)21-17-11-15-10-16(13-17)14-18(21)12-15;1-24-18-7-4-14(20)12-17(18)21-8-10-22(11-9-21)19(23)16-6-3-13-2-5-15(13)16;1-14-3-6-19(22-2)18(11-14)21-9-7-20(8-10-21)17-13-15-4-5-16(17)12-15;1-22-18-8-7-16(19)13-17(18)21-11-9-20(10-12-21)14-15-5-3-2-4-6-15;19-17-3-1-2-4-18(17)21-9-7-20(8-10-21)13-16-12-14-5-6-15(16)11-14;18-15-3-1-2-4-16(15)19-7-9-20(10-8-19)17-12-13-5-6-14(17)11-13/h2-5,15-18,21H,6-14H2,1H3;2,4-5,7,12-13,15-16H,3,6,8-11H2,1H3;3,6,11,15-17H,4-5,7-10,12-13H2,1-2H3;7-8,13,15H,2-6,9-12,14H2,1H3;1-4,14-16H,5-13H2;1-4,13-14,17H,5-12H2. The fourth-order valence-corrected chi connectivity index (χ4v) is 29.8. The Hall–Kier alpha value is -6.87. The Morgan fingerprint density at radius 2 is 0.782 bits per heavy atom. The molecule has 21 heteroatoms. The molecule has 1 amide bonds. The van der Waals surface area contributed by atoms with Gasteiger partial charge in [-0.15, -0.1) is 0 Å². The number of nitrogens with zero attached hydrogens (tertiary/aromatic N) is 12. The number of halogens is 4. The van der Waals surface area contributed by atoms with Crippen molar-refractivity contribution in [2.75, 3.05) is 228 Å². The minimum Gasteiger partial charge on any atom is -0.495 e. The highest BCUT2D eigenvalue weighted by Gasteiger charge is 2.52. The van der Waals surface area contributed by atoms with Crippen molar-refractivity contribution in [3.8, 4) is 23.0 Å². The molecule has 10 bridgehead atoms. The van der Waals surface area contributed by atoms with Crippen molar-refractivity contribution in [1.29, 1.82) is 0 Å². The lowest BCUT2D eigenvalue weighted by Gasteiger charge is -2.58. The van der Waals surface area contributed by atoms with E-state index in [0.717, 1.165) is 263 Å². The van der Waals surface area contributed by atoms with Gasteiger partial charge in [0.2, 0.25) is 5.91 Å². The van der Waals surface area contributed by atoms with E-state index in [2.05, 4.69) is 128 Å². The van der Waals surface area contributed by atoms with Crippen LogP contribution in [0.5, 0.6) is 23.0 Å². The zero-order valence-electron chi connectivity index (χ0n) is 80.9. The van der Waals surface area contributed by atoms with Crippen LogP contribution in [0.1, 0.15) is 160 Å². The van der Waals surface area contributed by atoms with Gasteiger partial charge < -0.3 is 53.2 Å². The number of methoxy groups -OCH3 is 4. The quantitative estimate of drug-likeness (QED) is 0.0764. The summed E-state index contributed by atoms with van der Waals surface area (Å²) in [5, 5.41) is 2.37. The van der Waals surface area contributed by atoms with E-state index in [9.17, 15) is 9.18 Å². The molecule has 12 saturated carbocycles. The van der Waals surface area contributed by atoms with Crippen LogP contribution in [0.25, 0.3) is 0 Å². The third kappa shape index (κ3) is 22.5. The molecule has 12 unspecified atom stereocenters. The Balaban J connectivity index is 0.000000103. The highest BCUT2D eigenvalue weighted by Crippen LogP contribution is 2.57. The van der Waals surface area contributed by atoms with Gasteiger partial charge in [-0.3, -0.25) is 29.3 Å². The van der Waals surface area contributed by atoms with Gasteiger partial charge in [0.05, 0.1) is 67.6 Å². The third-order valence-corrected chi connectivity index (χ3v) is 36.7. The Labute approximate surface area is 811 Å². The molecular formula is C112H156Cl3FN12O5. The smallest absolute Gasteiger partial charge is 0.226 e. The van der Waals surface area contributed by atoms with E-state index in [1.807, 2.05) is 65.6 Å². The zero-order chi connectivity index (χ0) is 91.0. The number of carbonyl (C=O) groups excluding carboxylic acids is 1. The maximum absolute atomic E-state index is 13.8. The van der Waals surface area contributed by atoms with Crippen LogP contribution in [0.2, 0.25) is 15.1 Å². The van der Waals surface area contributed by atoms with E-state index in [1.165, 1.54) is 216 Å². The minimum atomic E-state index is -0.0825. The van der Waals surface area contributed by atoms with E-state index < -0.39 is 0 Å². The van der Waals surface area contributed by atoms with E-state index >= 15 is 0 Å². The molecule has 25 rings (SSSR count). The maximum Gasteiger partial charge on any atom is 0.226 e. The van der Waals surface area contributed by atoms with Crippen LogP contribution in [-0.2, 0) is 4.79 Å². The number of amides is 1. The van der Waals surface area contributed by atoms with Crippen molar-refractivity contribution in [3.05, 3.63) is 166 Å². The Morgan fingerprint density at radius 3 is 1.26 bits per heavy atom. The number of aryl methyl sites for hydroxylation is 1. The fourth-order valence-electron chi connectivity index (χ4n) is 29.2. The molecular weight excluding hydrogens is 1720 g/mol. The Kier molecular flexibility index (Phi) is 31.8. The first-order valence-corrected chi connectivity index (χ1v) is 53.8. The van der Waals surface area contributed by atoms with Gasteiger partial charge in [0.15, 0.2) is 0 Å². The molecule has 6 heterocycles. The first kappa shape index (κ1) is 95.1. The zero-order valence-corrected chi connectivity index (χ0v) is 83.2. The molecule has 19 aliphatic rings. The lowest BCUT2D eigenvalue weighted by Crippen LogP contribution is -2.60. The monoisotopic (exact) mass is 1870 g/mol. The molecule has 6 saturated heterocycles. The van der Waals surface area contributed by atoms with Crippen LogP contribution in [0.15, 0.2) is 140 Å². The fraction of sp³-hybridized carbons (Fsp3) is 0.652. The maximum atomic E-state index is 13.8. The number of carbonyl (C=O) groups is 1. The molecule has 133 heavy (non-hydrogen) atoms. The molecule has 0 N–H and O–H groups in total. The second-order valence-corrected chi connectivity index (χ2v) is 44.8. The summed E-state index contributed by atoms with van der Waals surface area (Å²) in [6, 6.07) is 44.6. The molecule has 18 fully saturated rings. The van der Waals surface area contributed by atoms with Crippen LogP contribution >= 0.6 is 34.8 Å². The van der Waals surface area contributed by atoms with E-state index in [-0.39, 0.29) is 11.7 Å². The van der Waals surface area contributed by atoms with Crippen molar-refractivity contribution >= 4 is 74.8 Å². The summed E-state index contributed by atoms with van der Waals surface area (Å²) in [6.45, 7) is 30.6. The van der Waals surface area contributed by atoms with Gasteiger partial charge in [0.25, 0.3) is 0 Å². The molecule has 17 nitrogen and oxygen atoms in total. The number of piperazine rings is 6. The lowest BCUT2D eigenvalue weighted by atomic mass is 9.54. The molecule has 6 aromatic carbocycles. The van der Waals surface area contributed by atoms with Gasteiger partial charge >= 0.3 is 0 Å². The summed E-state index contributed by atoms with van der Waals surface area (Å²) in [6.07, 6.45) is 39.4. The van der Waals surface area contributed by atoms with Crippen molar-refractivity contribution < 1.29 is 28.1 Å². The van der Waals surface area contributed by atoms with Crippen molar-refractivity contribution in [3.63, 3.8) is 0 Å². The Morgan fingerprint density at radius 1 is 0.353 bits per heavy atom. The first-order chi connectivity index (χ1) is 65.1. The number of hydrogen-bond acceptors (Lipinski definition) is 16. The largest absolute Gasteiger partial charge is 0.495 e. The number of ether oxygens (including phenoxy) is 4. The minimum absolute atomic E-state index is 0.0825. The van der Waals surface area contributed by atoms with Gasteiger partial charge in [-0.05, 0) is 296 Å². The molecule has 0 spiro atoms. The van der Waals surface area contributed by atoms with Crippen LogP contribution in [0, 0.1) is 102 Å². The highest BCUT2D eigenvalue weighted by atomic mass is 35.5. The van der Waals surface area contributed by atoms with Crippen LogP contribution in [0.4, 0.5) is 38.5 Å². The topological polar surface area (TPSA) is 92.9 Å². The summed E-state index contributed by atoms with van der Waals surface area (Å²) in [4.78, 5) is 42.9. The number of allylic oxidation sites excluding steroid dienone is 2. The summed E-state index contributed by atoms with van der Waals surface area (Å²) in [7, 11) is 6.96. The number of benzene rings is 6. The number of fused-ring (bicyclic) bond motifs is 7. The van der Waals surface area contributed by atoms with Crippen LogP contribution in [0.3, 0.4) is 0 Å². The third-order valence-electron chi connectivity index (χ3n) is 36.0. The molecule has 0 aromatic heterocycles. The van der Waals surface area contributed by atoms with E-state index in [0.29, 0.717) is 22.8 Å². The summed E-state index contributed by atoms with van der Waals surface area (Å²) in [5.41, 5.74) is 7.98. The summed E-state index contributed by atoms with van der Waals surface area (Å²) in [5.74, 6) is 17.7. The second-order valence-electron chi connectivity index (χ2n) is 43.5. The Bertz CT molecular complexity index is 4750. The van der Waals surface area contributed by atoms with Crippen molar-refractivity contribution in [1.82, 2.24) is 29.4 Å². The highest BCUT2D eigenvalue weighted by molar-refractivity contribution is 6.33. The predicted octanol–water partition coefficient (Wildman–Crippen LogP) is 21.3. The molecule has 6 aromatic rings. The SMILES string of the molecule is COc1ccc(C)cc1N1CCN(C2CC3CCC2C3)CC1.COc1ccc(Cl)cc1N1CCN(C(=O)C2CCC3C=CC32)CC1.COc1ccc(Cl)cc1N1CCN(CC2CCCCC2)CC1.COc1ccccc1N1CCN(C2C3CC4CC(C3)CC2C4)CC1.Clc1ccccc1N1CCN(CC2CC3CCC2C3)CC1.Fc1ccccc1N1CCN(C2CC3CCC2C3)CC1. The molecule has 13 aliphatic carbocycles. The average molecular weight is 1880 g/mol. The van der Waals surface area contributed by atoms with Gasteiger partial charge in [-0.2, -0.15) is 0 Å². The normalized spacial score (nSPS) is 31.1. The first-order valence-electron chi connectivity index (χ1n) is 52.7. The number of anilines is 6. The molecule has 6 aliphatic heterocycles. The number of hydrogen-bond donors (Lipinski definition) is 0. The van der Waals surface area contributed by atoms with E-state index in [1.54, 1.807) is 47.0 Å². The number of para-hydroxylation sites is 4. The van der Waals surface area contributed by atoms with E-state index in [4.69, 9.17) is 53.8 Å². The van der Waals surface area contributed by atoms with Gasteiger partial charge in [-0.25, -0.2) is 4.39 Å². The van der Waals surface area contributed by atoms with Crippen LogP contribution in [-0.4, -0.2) is 252 Å². The summed E-state index contributed by atoms with van der Waals surface area (Å²) < 4.78 is 35.9. The molecule has 0 radical (unpaired) electrons. The second kappa shape index (κ2) is 44.5. The molecule has 722 valence electrons. The van der Waals surface area contributed by atoms with Gasteiger partial charge in [-0.1, -0.05) is 128 Å². The predicted molar refractivity (Wildman–Crippen MR) is 546 cm³/mol. The van der Waals surface area contributed by atoms with Crippen molar-refractivity contribution in [2.45, 2.75) is 179 Å². The summed E-state index contributed by atoms with van der Waals surface area (Å²) >= 11 is 18.6. The lowest BCUT2D eigenvalue weighted by molar-refractivity contribution is -0.136.